The smallest absolute Gasteiger partial charge is 0.242 e. The minimum Gasteiger partial charge on any atom is -0.242 e. The summed E-state index contributed by atoms with van der Waals surface area (Å²) < 4.78 is 26.4. The van der Waals surface area contributed by atoms with Crippen LogP contribution in [0, 0.1) is 6.92 Å². The van der Waals surface area contributed by atoms with Crippen molar-refractivity contribution < 1.29 is 8.42 Å². The van der Waals surface area contributed by atoms with Crippen LogP contribution in [0.25, 0.3) is 0 Å². The Balaban J connectivity index is 2.08. The van der Waals surface area contributed by atoms with Gasteiger partial charge in [-0.15, -0.1) is 11.3 Å². The lowest BCUT2D eigenvalue weighted by Gasteiger charge is -2.04. The molecular formula is C10H11N3O2S2. The van der Waals surface area contributed by atoms with Crippen LogP contribution in [0.1, 0.15) is 11.4 Å². The Kier molecular flexibility index (Phi) is 3.51. The first-order valence-electron chi connectivity index (χ1n) is 4.88. The molecule has 0 saturated carbocycles. The zero-order chi connectivity index (χ0) is 12.3. The van der Waals surface area contributed by atoms with Crippen molar-refractivity contribution in [1.82, 2.24) is 14.7 Å². The molecule has 17 heavy (non-hydrogen) atoms. The molecule has 5 nitrogen and oxygen atoms in total. The lowest BCUT2D eigenvalue weighted by atomic mass is 10.3. The van der Waals surface area contributed by atoms with E-state index in [0.717, 1.165) is 5.69 Å². The van der Waals surface area contributed by atoms with Crippen LogP contribution in [0.3, 0.4) is 0 Å². The van der Waals surface area contributed by atoms with E-state index in [-0.39, 0.29) is 6.54 Å². The van der Waals surface area contributed by atoms with E-state index in [1.54, 1.807) is 23.6 Å². The zero-order valence-corrected chi connectivity index (χ0v) is 10.8. The van der Waals surface area contributed by atoms with Crippen molar-refractivity contribution in [2.24, 2.45) is 0 Å². The van der Waals surface area contributed by atoms with E-state index in [9.17, 15) is 8.42 Å². The first kappa shape index (κ1) is 12.2. The number of nitrogens with zero attached hydrogens (tertiary/aromatic N) is 2. The Morgan fingerprint density at radius 1 is 1.41 bits per heavy atom. The molecule has 2 aromatic heterocycles. The van der Waals surface area contributed by atoms with Gasteiger partial charge in [-0.3, -0.25) is 0 Å². The van der Waals surface area contributed by atoms with Crippen molar-refractivity contribution in [3.8, 4) is 0 Å². The van der Waals surface area contributed by atoms with Crippen molar-refractivity contribution >= 4 is 21.4 Å². The molecule has 0 fully saturated rings. The van der Waals surface area contributed by atoms with E-state index in [1.165, 1.54) is 17.7 Å². The van der Waals surface area contributed by atoms with Gasteiger partial charge in [-0.2, -0.15) is 0 Å². The summed E-state index contributed by atoms with van der Waals surface area (Å²) in [6.07, 6.45) is 1.42. The molecule has 0 atom stereocenters. The van der Waals surface area contributed by atoms with Gasteiger partial charge in [0.1, 0.15) is 10.5 Å². The molecule has 2 aromatic rings. The molecule has 1 N–H and O–H groups in total. The number of nitrogens with one attached hydrogen (secondary N) is 1. The number of aryl methyl sites for hydroxylation is 1. The van der Waals surface area contributed by atoms with Crippen LogP contribution in [-0.2, 0) is 16.6 Å². The van der Waals surface area contributed by atoms with Crippen LogP contribution in [0.2, 0.25) is 0 Å². The summed E-state index contributed by atoms with van der Waals surface area (Å²) in [7, 11) is -3.42. The third-order valence-electron chi connectivity index (χ3n) is 2.06. The van der Waals surface area contributed by atoms with Crippen LogP contribution in [0.5, 0.6) is 0 Å². The average Bonchev–Trinajstić information content (AvgIpc) is 2.81. The fourth-order valence-electron chi connectivity index (χ4n) is 1.26. The molecule has 2 heterocycles. The van der Waals surface area contributed by atoms with Crippen LogP contribution in [0.4, 0.5) is 0 Å². The predicted molar refractivity (Wildman–Crippen MR) is 65.1 cm³/mol. The topological polar surface area (TPSA) is 72.0 Å². The maximum absolute atomic E-state index is 11.8. The summed E-state index contributed by atoms with van der Waals surface area (Å²) in [6.45, 7) is 2.00. The molecule has 0 saturated heterocycles. The number of sulfonamides is 1. The lowest BCUT2D eigenvalue weighted by Crippen LogP contribution is -2.23. The van der Waals surface area contributed by atoms with Gasteiger partial charge in [-0.1, -0.05) is 6.07 Å². The summed E-state index contributed by atoms with van der Waals surface area (Å²) in [4.78, 5) is 7.94. The molecule has 7 heteroatoms. The molecule has 2 rings (SSSR count). The Morgan fingerprint density at radius 2 is 2.24 bits per heavy atom. The Labute approximate surface area is 104 Å². The van der Waals surface area contributed by atoms with Crippen molar-refractivity contribution in [1.29, 1.82) is 0 Å². The molecule has 90 valence electrons. The standard InChI is InChI=1S/C10H11N3O2S2/c1-8-5-9(12-7-11-8)6-13-17(14,15)10-3-2-4-16-10/h2-5,7,13H,6H2,1H3. The van der Waals surface area contributed by atoms with E-state index in [1.807, 2.05) is 6.92 Å². The van der Waals surface area contributed by atoms with Gasteiger partial charge in [0.15, 0.2) is 0 Å². The van der Waals surface area contributed by atoms with Crippen LogP contribution < -0.4 is 4.72 Å². The number of rotatable bonds is 4. The van der Waals surface area contributed by atoms with Crippen LogP contribution in [0.15, 0.2) is 34.1 Å². The predicted octanol–water partition coefficient (Wildman–Crippen LogP) is 1.33. The molecule has 0 aromatic carbocycles. The number of thiophene rings is 1. The van der Waals surface area contributed by atoms with E-state index >= 15 is 0 Å². The zero-order valence-electron chi connectivity index (χ0n) is 9.12. The molecule has 0 aliphatic heterocycles. The highest BCUT2D eigenvalue weighted by Crippen LogP contribution is 2.15. The van der Waals surface area contributed by atoms with E-state index in [0.29, 0.717) is 9.90 Å². The van der Waals surface area contributed by atoms with Gasteiger partial charge >= 0.3 is 0 Å². The quantitative estimate of drug-likeness (QED) is 0.908. The van der Waals surface area contributed by atoms with E-state index in [2.05, 4.69) is 14.7 Å². The average molecular weight is 269 g/mol. The molecule has 0 radical (unpaired) electrons. The Bertz CT molecular complexity index is 594. The van der Waals surface area contributed by atoms with Gasteiger partial charge in [0.05, 0.1) is 12.2 Å². The van der Waals surface area contributed by atoms with Crippen molar-refractivity contribution in [3.63, 3.8) is 0 Å². The Morgan fingerprint density at radius 3 is 2.88 bits per heavy atom. The summed E-state index contributed by atoms with van der Waals surface area (Å²) in [6, 6.07) is 5.02. The molecule has 0 amide bonds. The third-order valence-corrected chi connectivity index (χ3v) is 4.86. The van der Waals surface area contributed by atoms with Gasteiger partial charge < -0.3 is 0 Å². The fourth-order valence-corrected chi connectivity index (χ4v) is 3.30. The van der Waals surface area contributed by atoms with Gasteiger partial charge in [0, 0.05) is 5.69 Å². The summed E-state index contributed by atoms with van der Waals surface area (Å²) in [5.74, 6) is 0. The fraction of sp³-hybridized carbons (Fsp3) is 0.200. The van der Waals surface area contributed by atoms with Crippen LogP contribution in [-0.4, -0.2) is 18.4 Å². The molecule has 0 aliphatic carbocycles. The van der Waals surface area contributed by atoms with Crippen molar-refractivity contribution in [3.05, 3.63) is 41.3 Å². The number of aromatic nitrogens is 2. The third kappa shape index (κ3) is 3.09. The van der Waals surface area contributed by atoms with Gasteiger partial charge in [-0.05, 0) is 24.4 Å². The molecule has 0 unspecified atom stereocenters. The monoisotopic (exact) mass is 269 g/mol. The first-order chi connectivity index (χ1) is 8.08. The highest BCUT2D eigenvalue weighted by atomic mass is 32.2. The van der Waals surface area contributed by atoms with Crippen molar-refractivity contribution in [2.75, 3.05) is 0 Å². The number of hydrogen-bond donors (Lipinski definition) is 1. The molecular weight excluding hydrogens is 258 g/mol. The normalized spacial score (nSPS) is 11.6. The molecule has 0 spiro atoms. The second kappa shape index (κ2) is 4.91. The highest BCUT2D eigenvalue weighted by molar-refractivity contribution is 7.91. The molecule has 0 bridgehead atoms. The lowest BCUT2D eigenvalue weighted by molar-refractivity contribution is 0.582. The summed E-state index contributed by atoms with van der Waals surface area (Å²) in [5.41, 5.74) is 1.46. The van der Waals surface area contributed by atoms with Gasteiger partial charge in [0.25, 0.3) is 0 Å². The highest BCUT2D eigenvalue weighted by Gasteiger charge is 2.14. The SMILES string of the molecule is Cc1cc(CNS(=O)(=O)c2cccs2)ncn1. The maximum atomic E-state index is 11.8. The Hall–Kier alpha value is -1.31. The van der Waals surface area contributed by atoms with Gasteiger partial charge in [-0.25, -0.2) is 23.1 Å². The van der Waals surface area contributed by atoms with Crippen LogP contribution >= 0.6 is 11.3 Å². The second-order valence-corrected chi connectivity index (χ2v) is 6.35. The largest absolute Gasteiger partial charge is 0.250 e. The maximum Gasteiger partial charge on any atom is 0.250 e. The second-order valence-electron chi connectivity index (χ2n) is 3.41. The summed E-state index contributed by atoms with van der Waals surface area (Å²) in [5, 5.41) is 1.73. The van der Waals surface area contributed by atoms with E-state index in [4.69, 9.17) is 0 Å². The minimum atomic E-state index is -3.42. The summed E-state index contributed by atoms with van der Waals surface area (Å²) >= 11 is 1.18. The molecule has 0 aliphatic rings. The van der Waals surface area contributed by atoms with Crippen molar-refractivity contribution in [2.45, 2.75) is 17.7 Å². The first-order valence-corrected chi connectivity index (χ1v) is 7.25. The van der Waals surface area contributed by atoms with Gasteiger partial charge in [0.2, 0.25) is 10.0 Å². The minimum absolute atomic E-state index is 0.170. The van der Waals surface area contributed by atoms with E-state index < -0.39 is 10.0 Å². The number of hydrogen-bond acceptors (Lipinski definition) is 5.